The minimum absolute atomic E-state index is 0.151. The standard InChI is InChI=1S/C18H20N4O4S2/c1-11-12(2)27-18-16(11)17(19-10-20-18)26-9-15(23)21-13-5-7-14(8-6-13)28(24,25)22(3)4/h5-8,10H,9H2,1-4H3,(H,21,23). The number of carbonyl (C=O) groups excluding carboxylic acids is 1. The van der Waals surface area contributed by atoms with Gasteiger partial charge in [-0.15, -0.1) is 11.3 Å². The molecule has 8 nitrogen and oxygen atoms in total. The van der Waals surface area contributed by atoms with E-state index in [1.807, 2.05) is 13.8 Å². The zero-order valence-electron chi connectivity index (χ0n) is 15.9. The molecule has 0 radical (unpaired) electrons. The van der Waals surface area contributed by atoms with Gasteiger partial charge < -0.3 is 10.1 Å². The highest BCUT2D eigenvalue weighted by molar-refractivity contribution is 7.89. The third kappa shape index (κ3) is 3.98. The molecule has 1 aromatic carbocycles. The van der Waals surface area contributed by atoms with Gasteiger partial charge in [0.25, 0.3) is 5.91 Å². The first-order chi connectivity index (χ1) is 13.2. The van der Waals surface area contributed by atoms with Crippen LogP contribution in [0.5, 0.6) is 5.88 Å². The Balaban J connectivity index is 1.67. The summed E-state index contributed by atoms with van der Waals surface area (Å²) in [6, 6.07) is 5.95. The second-order valence-electron chi connectivity index (χ2n) is 6.29. The highest BCUT2D eigenvalue weighted by atomic mass is 32.2. The Morgan fingerprint density at radius 1 is 1.18 bits per heavy atom. The predicted octanol–water partition coefficient (Wildman–Crippen LogP) is 2.58. The van der Waals surface area contributed by atoms with E-state index in [9.17, 15) is 13.2 Å². The summed E-state index contributed by atoms with van der Waals surface area (Å²) >= 11 is 1.55. The van der Waals surface area contributed by atoms with Crippen LogP contribution in [0.2, 0.25) is 0 Å². The number of sulfonamides is 1. The van der Waals surface area contributed by atoms with Gasteiger partial charge in [-0.3, -0.25) is 4.79 Å². The summed E-state index contributed by atoms with van der Waals surface area (Å²) in [5.41, 5.74) is 1.51. The van der Waals surface area contributed by atoms with E-state index in [-0.39, 0.29) is 17.4 Å². The average molecular weight is 421 g/mol. The van der Waals surface area contributed by atoms with Crippen molar-refractivity contribution in [1.29, 1.82) is 0 Å². The second-order valence-corrected chi connectivity index (χ2v) is 9.65. The first kappa shape index (κ1) is 20.2. The van der Waals surface area contributed by atoms with E-state index in [2.05, 4.69) is 15.3 Å². The van der Waals surface area contributed by atoms with Crippen molar-refractivity contribution in [3.05, 3.63) is 41.0 Å². The van der Waals surface area contributed by atoms with Crippen molar-refractivity contribution >= 4 is 43.2 Å². The molecular formula is C18H20N4O4S2. The molecule has 148 valence electrons. The molecule has 0 saturated carbocycles. The zero-order chi connectivity index (χ0) is 20.5. The summed E-state index contributed by atoms with van der Waals surface area (Å²) in [5.74, 6) is -0.00555. The molecule has 0 spiro atoms. The van der Waals surface area contributed by atoms with Crippen LogP contribution in [0, 0.1) is 13.8 Å². The minimum Gasteiger partial charge on any atom is -0.467 e. The first-order valence-corrected chi connectivity index (χ1v) is 10.6. The molecule has 2 aromatic heterocycles. The Bertz CT molecular complexity index is 1120. The Kier molecular flexibility index (Phi) is 5.64. The van der Waals surface area contributed by atoms with Crippen LogP contribution in [0.4, 0.5) is 5.69 Å². The Morgan fingerprint density at radius 3 is 2.50 bits per heavy atom. The fraction of sp³-hybridized carbons (Fsp3) is 0.278. The van der Waals surface area contributed by atoms with Crippen LogP contribution in [0.3, 0.4) is 0 Å². The Morgan fingerprint density at radius 2 is 1.86 bits per heavy atom. The summed E-state index contributed by atoms with van der Waals surface area (Å²) in [4.78, 5) is 22.7. The lowest BCUT2D eigenvalue weighted by Gasteiger charge is -2.12. The van der Waals surface area contributed by atoms with Crippen molar-refractivity contribution < 1.29 is 17.9 Å². The largest absolute Gasteiger partial charge is 0.467 e. The molecule has 0 aliphatic carbocycles. The van der Waals surface area contributed by atoms with Crippen molar-refractivity contribution in [3.8, 4) is 5.88 Å². The van der Waals surface area contributed by atoms with E-state index < -0.39 is 10.0 Å². The van der Waals surface area contributed by atoms with Crippen molar-refractivity contribution in [2.24, 2.45) is 0 Å². The van der Waals surface area contributed by atoms with Crippen molar-refractivity contribution in [1.82, 2.24) is 14.3 Å². The molecular weight excluding hydrogens is 400 g/mol. The molecule has 0 saturated heterocycles. The second kappa shape index (κ2) is 7.82. The fourth-order valence-corrected chi connectivity index (χ4v) is 4.40. The van der Waals surface area contributed by atoms with Crippen LogP contribution < -0.4 is 10.1 Å². The predicted molar refractivity (Wildman–Crippen MR) is 108 cm³/mol. The third-order valence-corrected chi connectivity index (χ3v) is 7.13. The van der Waals surface area contributed by atoms with Crippen LogP contribution >= 0.6 is 11.3 Å². The lowest BCUT2D eigenvalue weighted by Crippen LogP contribution is -2.22. The Labute approximate surface area is 167 Å². The number of fused-ring (bicyclic) bond motifs is 1. The number of amides is 1. The molecule has 10 heteroatoms. The van der Waals surface area contributed by atoms with E-state index in [4.69, 9.17) is 4.74 Å². The number of nitrogens with one attached hydrogen (secondary N) is 1. The van der Waals surface area contributed by atoms with Crippen molar-refractivity contribution in [2.75, 3.05) is 26.0 Å². The summed E-state index contributed by atoms with van der Waals surface area (Å²) in [6.07, 6.45) is 1.41. The molecule has 3 rings (SSSR count). The summed E-state index contributed by atoms with van der Waals surface area (Å²) in [6.45, 7) is 3.74. The molecule has 0 aliphatic rings. The van der Waals surface area contributed by atoms with Crippen LogP contribution in [-0.2, 0) is 14.8 Å². The highest BCUT2D eigenvalue weighted by Gasteiger charge is 2.17. The number of aryl methyl sites for hydroxylation is 2. The molecule has 1 amide bonds. The SMILES string of the molecule is Cc1sc2ncnc(OCC(=O)Nc3ccc(S(=O)(=O)N(C)C)cc3)c2c1C. The van der Waals surface area contributed by atoms with Gasteiger partial charge in [0.15, 0.2) is 6.61 Å². The smallest absolute Gasteiger partial charge is 0.262 e. The number of nitrogens with zero attached hydrogens (tertiary/aromatic N) is 3. The van der Waals surface area contributed by atoms with Crippen molar-refractivity contribution in [3.63, 3.8) is 0 Å². The topological polar surface area (TPSA) is 101 Å². The Hall–Kier alpha value is -2.56. The highest BCUT2D eigenvalue weighted by Crippen LogP contribution is 2.33. The molecule has 1 N–H and O–H groups in total. The monoisotopic (exact) mass is 420 g/mol. The number of anilines is 1. The number of carbonyl (C=O) groups is 1. The van der Waals surface area contributed by atoms with E-state index in [1.54, 1.807) is 11.3 Å². The van der Waals surface area contributed by atoms with Gasteiger partial charge in [-0.2, -0.15) is 0 Å². The molecule has 0 bridgehead atoms. The number of thiophene rings is 1. The van der Waals surface area contributed by atoms with Gasteiger partial charge in [0.1, 0.15) is 11.2 Å². The van der Waals surface area contributed by atoms with Crippen LogP contribution in [0.1, 0.15) is 10.4 Å². The third-order valence-electron chi connectivity index (χ3n) is 4.19. The van der Waals surface area contributed by atoms with Crippen LogP contribution in [0.25, 0.3) is 10.2 Å². The van der Waals surface area contributed by atoms with Gasteiger partial charge in [-0.05, 0) is 43.7 Å². The average Bonchev–Trinajstić information content (AvgIpc) is 2.95. The van der Waals surface area contributed by atoms with Gasteiger partial charge in [0, 0.05) is 24.7 Å². The lowest BCUT2D eigenvalue weighted by atomic mass is 10.2. The van der Waals surface area contributed by atoms with Gasteiger partial charge in [0.05, 0.1) is 10.3 Å². The number of hydrogen-bond donors (Lipinski definition) is 1. The normalized spacial score (nSPS) is 11.8. The van der Waals surface area contributed by atoms with E-state index in [0.29, 0.717) is 11.6 Å². The molecule has 0 aliphatic heterocycles. The number of hydrogen-bond acceptors (Lipinski definition) is 7. The van der Waals surface area contributed by atoms with E-state index >= 15 is 0 Å². The lowest BCUT2D eigenvalue weighted by molar-refractivity contribution is -0.118. The first-order valence-electron chi connectivity index (χ1n) is 8.36. The zero-order valence-corrected chi connectivity index (χ0v) is 17.5. The summed E-state index contributed by atoms with van der Waals surface area (Å²) < 4.78 is 30.9. The maximum absolute atomic E-state index is 12.2. The van der Waals surface area contributed by atoms with Gasteiger partial charge in [0.2, 0.25) is 15.9 Å². The maximum atomic E-state index is 12.2. The quantitative estimate of drug-likeness (QED) is 0.658. The van der Waals surface area contributed by atoms with Gasteiger partial charge in [-0.25, -0.2) is 22.7 Å². The van der Waals surface area contributed by atoms with Gasteiger partial charge in [-0.1, -0.05) is 0 Å². The number of benzene rings is 1. The molecule has 28 heavy (non-hydrogen) atoms. The van der Waals surface area contributed by atoms with E-state index in [1.165, 1.54) is 44.7 Å². The molecule has 0 atom stereocenters. The molecule has 2 heterocycles. The molecule has 0 unspecified atom stereocenters. The van der Waals surface area contributed by atoms with Crippen LogP contribution in [0.15, 0.2) is 35.5 Å². The number of aromatic nitrogens is 2. The van der Waals surface area contributed by atoms with Crippen molar-refractivity contribution in [2.45, 2.75) is 18.7 Å². The maximum Gasteiger partial charge on any atom is 0.262 e. The van der Waals surface area contributed by atoms with E-state index in [0.717, 1.165) is 25.0 Å². The minimum atomic E-state index is -3.51. The molecule has 3 aromatic rings. The number of rotatable bonds is 6. The summed E-state index contributed by atoms with van der Waals surface area (Å²) in [7, 11) is -0.586. The number of ether oxygens (including phenoxy) is 1. The van der Waals surface area contributed by atoms with Crippen LogP contribution in [-0.4, -0.2) is 49.3 Å². The molecule has 0 fully saturated rings. The fourth-order valence-electron chi connectivity index (χ4n) is 2.51. The van der Waals surface area contributed by atoms with Gasteiger partial charge >= 0.3 is 0 Å². The summed E-state index contributed by atoms with van der Waals surface area (Å²) in [5, 5.41) is 3.49.